The van der Waals surface area contributed by atoms with Crippen LogP contribution in [-0.4, -0.2) is 12.2 Å². The number of benzene rings is 2. The molecule has 0 spiro atoms. The second-order valence-electron chi connectivity index (χ2n) is 4.66. The van der Waals surface area contributed by atoms with Gasteiger partial charge < -0.3 is 0 Å². The molecule has 0 saturated heterocycles. The Balaban J connectivity index is 2.44. The Labute approximate surface area is 128 Å². The van der Waals surface area contributed by atoms with Gasteiger partial charge in [-0.05, 0) is 42.3 Å². The maximum absolute atomic E-state index is 11.8. The molecule has 0 amide bonds. The van der Waals surface area contributed by atoms with E-state index in [9.17, 15) is 14.2 Å². The Morgan fingerprint density at radius 1 is 0.818 bits per heavy atom. The Kier molecular flexibility index (Phi) is 4.88. The summed E-state index contributed by atoms with van der Waals surface area (Å²) in [4.78, 5) is 27.5. The van der Waals surface area contributed by atoms with Crippen LogP contribution < -0.4 is 0 Å². The standard InChI is InChI=1S/C16H11N2O3P/c1-16(22-21,12-2-6-14(7-3-12)17-10-19)13-4-8-15(9-5-13)18-11-20/h2-9H,1H3. The number of hydrogen-bond acceptors (Lipinski definition) is 5. The SMILES string of the molecule is CC(P=O)(c1ccc(N=C=O)cc1)c1ccc(N=C=O)cc1. The second kappa shape index (κ2) is 6.84. The van der Waals surface area contributed by atoms with Crippen LogP contribution in [0.2, 0.25) is 0 Å². The minimum absolute atomic E-state index is 0.0814. The van der Waals surface area contributed by atoms with E-state index in [0.29, 0.717) is 11.4 Å². The van der Waals surface area contributed by atoms with Crippen molar-refractivity contribution in [2.24, 2.45) is 9.98 Å². The molecule has 0 atom stereocenters. The summed E-state index contributed by atoms with van der Waals surface area (Å²) in [5.74, 6) is 0. The van der Waals surface area contributed by atoms with Crippen LogP contribution in [0.3, 0.4) is 0 Å². The van der Waals surface area contributed by atoms with E-state index in [0.717, 1.165) is 11.1 Å². The van der Waals surface area contributed by atoms with Gasteiger partial charge in [0, 0.05) is 0 Å². The van der Waals surface area contributed by atoms with E-state index in [4.69, 9.17) is 0 Å². The second-order valence-corrected chi connectivity index (χ2v) is 5.74. The van der Waals surface area contributed by atoms with Crippen molar-refractivity contribution in [3.63, 3.8) is 0 Å². The zero-order valence-corrected chi connectivity index (χ0v) is 12.6. The quantitative estimate of drug-likeness (QED) is 0.472. The number of aliphatic imine (C=N–C) groups is 2. The molecule has 108 valence electrons. The van der Waals surface area contributed by atoms with Crippen LogP contribution in [0.5, 0.6) is 0 Å². The van der Waals surface area contributed by atoms with Gasteiger partial charge in [0.15, 0.2) is 8.46 Å². The van der Waals surface area contributed by atoms with Gasteiger partial charge in [0.2, 0.25) is 12.2 Å². The largest absolute Gasteiger partial charge is 0.274 e. The van der Waals surface area contributed by atoms with Gasteiger partial charge >= 0.3 is 0 Å². The minimum Gasteiger partial charge on any atom is -0.274 e. The first-order chi connectivity index (χ1) is 10.6. The molecule has 0 aromatic heterocycles. The summed E-state index contributed by atoms with van der Waals surface area (Å²) >= 11 is 0. The topological polar surface area (TPSA) is 75.9 Å². The van der Waals surface area contributed by atoms with Crippen molar-refractivity contribution in [3.8, 4) is 0 Å². The summed E-state index contributed by atoms with van der Waals surface area (Å²) in [5.41, 5.74) is 2.58. The van der Waals surface area contributed by atoms with Crippen LogP contribution in [0.1, 0.15) is 18.1 Å². The van der Waals surface area contributed by atoms with E-state index in [2.05, 4.69) is 9.98 Å². The number of isocyanates is 2. The Hall–Kier alpha value is -2.70. The summed E-state index contributed by atoms with van der Waals surface area (Å²) in [6, 6.07) is 13.7. The number of carbonyl (C=O) groups excluding carboxylic acids is 2. The first-order valence-corrected chi connectivity index (χ1v) is 7.16. The fraction of sp³-hybridized carbons (Fsp3) is 0.125. The monoisotopic (exact) mass is 310 g/mol. The highest BCUT2D eigenvalue weighted by molar-refractivity contribution is 7.25. The number of hydrogen-bond donors (Lipinski definition) is 0. The summed E-state index contributed by atoms with van der Waals surface area (Å²) in [6.07, 6.45) is 2.95. The van der Waals surface area contributed by atoms with Crippen molar-refractivity contribution in [3.05, 3.63) is 59.7 Å². The van der Waals surface area contributed by atoms with Crippen molar-refractivity contribution >= 4 is 32.0 Å². The highest BCUT2D eigenvalue weighted by Gasteiger charge is 2.29. The molecule has 0 unspecified atom stereocenters. The summed E-state index contributed by atoms with van der Waals surface area (Å²) in [6.45, 7) is 1.83. The molecule has 0 fully saturated rings. The Morgan fingerprint density at radius 3 is 1.45 bits per heavy atom. The Morgan fingerprint density at radius 2 is 1.18 bits per heavy atom. The zero-order chi connectivity index (χ0) is 16.0. The summed E-state index contributed by atoms with van der Waals surface area (Å²) in [7, 11) is -0.0814. The summed E-state index contributed by atoms with van der Waals surface area (Å²) < 4.78 is 11.8. The van der Waals surface area contributed by atoms with Crippen LogP contribution in [0.25, 0.3) is 0 Å². The molecule has 0 heterocycles. The van der Waals surface area contributed by atoms with Crippen LogP contribution in [-0.2, 0) is 19.3 Å². The highest BCUT2D eigenvalue weighted by Crippen LogP contribution is 2.42. The van der Waals surface area contributed by atoms with E-state index >= 15 is 0 Å². The van der Waals surface area contributed by atoms with Gasteiger partial charge in [0.25, 0.3) is 0 Å². The molecule has 2 aromatic carbocycles. The van der Waals surface area contributed by atoms with E-state index in [1.807, 2.05) is 6.92 Å². The Bertz CT molecular complexity index is 711. The predicted molar refractivity (Wildman–Crippen MR) is 82.5 cm³/mol. The molecule has 22 heavy (non-hydrogen) atoms. The third-order valence-corrected chi connectivity index (χ3v) is 4.27. The maximum Gasteiger partial charge on any atom is 0.240 e. The third-order valence-electron chi connectivity index (χ3n) is 3.39. The van der Waals surface area contributed by atoms with Gasteiger partial charge in [-0.2, -0.15) is 9.98 Å². The average molecular weight is 310 g/mol. The normalized spacial score (nSPS) is 12.8. The predicted octanol–water partition coefficient (Wildman–Crippen LogP) is 4.18. The van der Waals surface area contributed by atoms with E-state index < -0.39 is 5.16 Å². The van der Waals surface area contributed by atoms with Crippen molar-refractivity contribution in [1.82, 2.24) is 0 Å². The van der Waals surface area contributed by atoms with Crippen molar-refractivity contribution in [2.75, 3.05) is 0 Å². The van der Waals surface area contributed by atoms with Crippen LogP contribution in [0, 0.1) is 0 Å². The van der Waals surface area contributed by atoms with E-state index in [-0.39, 0.29) is 8.46 Å². The van der Waals surface area contributed by atoms with Crippen LogP contribution >= 0.6 is 8.46 Å². The van der Waals surface area contributed by atoms with Crippen LogP contribution in [0.4, 0.5) is 11.4 Å². The van der Waals surface area contributed by atoms with Crippen LogP contribution in [0.15, 0.2) is 58.5 Å². The van der Waals surface area contributed by atoms with Gasteiger partial charge in [-0.3, -0.25) is 4.57 Å². The summed E-state index contributed by atoms with van der Waals surface area (Å²) in [5, 5.41) is -0.757. The lowest BCUT2D eigenvalue weighted by Crippen LogP contribution is -2.15. The van der Waals surface area contributed by atoms with E-state index in [1.165, 1.54) is 12.2 Å². The van der Waals surface area contributed by atoms with Crippen molar-refractivity contribution < 1.29 is 14.2 Å². The van der Waals surface area contributed by atoms with Gasteiger partial charge in [0.05, 0.1) is 16.5 Å². The van der Waals surface area contributed by atoms with Gasteiger partial charge in [-0.15, -0.1) is 0 Å². The molecule has 2 aromatic rings. The lowest BCUT2D eigenvalue weighted by molar-refractivity contribution is 0.564. The highest BCUT2D eigenvalue weighted by atomic mass is 31.1. The van der Waals surface area contributed by atoms with Gasteiger partial charge in [-0.1, -0.05) is 24.3 Å². The molecule has 2 rings (SSSR count). The molecular weight excluding hydrogens is 299 g/mol. The molecule has 0 aliphatic heterocycles. The smallest absolute Gasteiger partial charge is 0.240 e. The fourth-order valence-corrected chi connectivity index (χ4v) is 2.61. The van der Waals surface area contributed by atoms with Gasteiger partial charge in [-0.25, -0.2) is 9.59 Å². The zero-order valence-electron chi connectivity index (χ0n) is 11.7. The molecule has 0 radical (unpaired) electrons. The third kappa shape index (κ3) is 3.13. The molecule has 0 N–H and O–H groups in total. The first-order valence-electron chi connectivity index (χ1n) is 6.35. The van der Waals surface area contributed by atoms with Gasteiger partial charge in [0.1, 0.15) is 0 Å². The fourth-order valence-electron chi connectivity index (χ4n) is 2.10. The van der Waals surface area contributed by atoms with Crippen molar-refractivity contribution in [2.45, 2.75) is 12.1 Å². The molecule has 5 nitrogen and oxygen atoms in total. The number of nitrogens with zero attached hydrogens (tertiary/aromatic N) is 2. The molecule has 0 saturated carbocycles. The molecule has 6 heteroatoms. The molecule has 0 aliphatic carbocycles. The number of rotatable bonds is 5. The lowest BCUT2D eigenvalue weighted by Gasteiger charge is -2.23. The molecular formula is C16H11N2O3P. The van der Waals surface area contributed by atoms with Crippen molar-refractivity contribution in [1.29, 1.82) is 0 Å². The average Bonchev–Trinajstić information content (AvgIpc) is 2.56. The maximum atomic E-state index is 11.8. The first kappa shape index (κ1) is 15.7. The molecule has 0 bridgehead atoms. The van der Waals surface area contributed by atoms with E-state index in [1.54, 1.807) is 48.5 Å². The minimum atomic E-state index is -0.757. The molecule has 0 aliphatic rings. The lowest BCUT2D eigenvalue weighted by atomic mass is 9.91.